The molecular formula is C11H12BrF2N. The Bertz CT molecular complexity index is 354. The van der Waals surface area contributed by atoms with E-state index in [-0.39, 0.29) is 6.54 Å². The second kappa shape index (κ2) is 4.18. The maximum atomic E-state index is 13.6. The molecular weight excluding hydrogens is 264 g/mol. The van der Waals surface area contributed by atoms with Gasteiger partial charge in [0.15, 0.2) is 0 Å². The van der Waals surface area contributed by atoms with E-state index in [1.165, 1.54) is 0 Å². The first-order valence-corrected chi connectivity index (χ1v) is 5.73. The number of hydrogen-bond donors (Lipinski definition) is 1. The quantitative estimate of drug-likeness (QED) is 0.830. The van der Waals surface area contributed by atoms with Gasteiger partial charge in [-0.05, 0) is 30.7 Å². The Morgan fingerprint density at radius 3 is 2.87 bits per heavy atom. The monoisotopic (exact) mass is 275 g/mol. The maximum absolute atomic E-state index is 13.6. The van der Waals surface area contributed by atoms with Crippen LogP contribution < -0.4 is 5.32 Å². The predicted octanol–water partition coefficient (Wildman–Crippen LogP) is 3.16. The molecule has 1 aliphatic heterocycles. The van der Waals surface area contributed by atoms with Gasteiger partial charge in [-0.3, -0.25) is 0 Å². The van der Waals surface area contributed by atoms with Crippen LogP contribution in [0.25, 0.3) is 0 Å². The SMILES string of the molecule is FC1(F)CNCCC1c1cccc(Br)c1. The molecule has 1 aromatic carbocycles. The average Bonchev–Trinajstić information content (AvgIpc) is 2.17. The molecule has 1 nitrogen and oxygen atoms in total. The number of nitrogens with one attached hydrogen (secondary N) is 1. The van der Waals surface area contributed by atoms with Crippen LogP contribution in [-0.4, -0.2) is 19.0 Å². The van der Waals surface area contributed by atoms with E-state index in [0.29, 0.717) is 13.0 Å². The first-order chi connectivity index (χ1) is 7.09. The summed E-state index contributed by atoms with van der Waals surface area (Å²) in [6, 6.07) is 7.21. The zero-order valence-electron chi connectivity index (χ0n) is 8.14. The summed E-state index contributed by atoms with van der Waals surface area (Å²) >= 11 is 3.31. The number of benzene rings is 1. The molecule has 1 heterocycles. The lowest BCUT2D eigenvalue weighted by Crippen LogP contribution is -2.44. The fourth-order valence-corrected chi connectivity index (χ4v) is 2.39. The van der Waals surface area contributed by atoms with Gasteiger partial charge in [0.05, 0.1) is 12.5 Å². The standard InChI is InChI=1S/C11H12BrF2N/c12-9-3-1-2-8(6-9)10-4-5-15-7-11(10,13)14/h1-3,6,10,15H,4-5,7H2. The lowest BCUT2D eigenvalue weighted by atomic mass is 9.87. The summed E-state index contributed by atoms with van der Waals surface area (Å²) in [4.78, 5) is 0. The molecule has 1 saturated heterocycles. The number of rotatable bonds is 1. The maximum Gasteiger partial charge on any atom is 0.267 e. The third-order valence-electron chi connectivity index (χ3n) is 2.73. The lowest BCUT2D eigenvalue weighted by Gasteiger charge is -2.32. The summed E-state index contributed by atoms with van der Waals surface area (Å²) in [7, 11) is 0. The van der Waals surface area contributed by atoms with E-state index in [0.717, 1.165) is 10.0 Å². The van der Waals surface area contributed by atoms with E-state index in [1.54, 1.807) is 18.2 Å². The second-order valence-corrected chi connectivity index (χ2v) is 4.75. The number of hydrogen-bond acceptors (Lipinski definition) is 1. The first-order valence-electron chi connectivity index (χ1n) is 4.93. The molecule has 0 aliphatic carbocycles. The number of alkyl halides is 2. The number of halogens is 3. The largest absolute Gasteiger partial charge is 0.311 e. The van der Waals surface area contributed by atoms with Gasteiger partial charge in [0.25, 0.3) is 5.92 Å². The van der Waals surface area contributed by atoms with Gasteiger partial charge in [0.1, 0.15) is 0 Å². The molecule has 2 rings (SSSR count). The van der Waals surface area contributed by atoms with Gasteiger partial charge >= 0.3 is 0 Å². The first kappa shape index (κ1) is 11.0. The topological polar surface area (TPSA) is 12.0 Å². The van der Waals surface area contributed by atoms with Crippen molar-refractivity contribution in [1.82, 2.24) is 5.32 Å². The molecule has 1 N–H and O–H groups in total. The molecule has 0 saturated carbocycles. The molecule has 0 amide bonds. The van der Waals surface area contributed by atoms with Crippen molar-refractivity contribution < 1.29 is 8.78 Å². The highest BCUT2D eigenvalue weighted by Gasteiger charge is 2.42. The highest BCUT2D eigenvalue weighted by atomic mass is 79.9. The van der Waals surface area contributed by atoms with Crippen LogP contribution in [0.5, 0.6) is 0 Å². The van der Waals surface area contributed by atoms with Crippen LogP contribution in [-0.2, 0) is 0 Å². The van der Waals surface area contributed by atoms with Crippen LogP contribution in [0.15, 0.2) is 28.7 Å². The van der Waals surface area contributed by atoms with E-state index in [1.807, 2.05) is 6.07 Å². The predicted molar refractivity (Wildman–Crippen MR) is 59.3 cm³/mol. The van der Waals surface area contributed by atoms with Crippen LogP contribution >= 0.6 is 15.9 Å². The average molecular weight is 276 g/mol. The normalized spacial score (nSPS) is 25.1. The van der Waals surface area contributed by atoms with Crippen molar-refractivity contribution in [2.24, 2.45) is 0 Å². The fraction of sp³-hybridized carbons (Fsp3) is 0.455. The zero-order chi connectivity index (χ0) is 10.9. The zero-order valence-corrected chi connectivity index (χ0v) is 9.73. The van der Waals surface area contributed by atoms with Crippen molar-refractivity contribution in [3.05, 3.63) is 34.3 Å². The fourth-order valence-electron chi connectivity index (χ4n) is 1.97. The van der Waals surface area contributed by atoms with Crippen molar-refractivity contribution >= 4 is 15.9 Å². The van der Waals surface area contributed by atoms with E-state index in [2.05, 4.69) is 21.2 Å². The molecule has 1 atom stereocenters. The van der Waals surface area contributed by atoms with Crippen LogP contribution in [0.1, 0.15) is 17.9 Å². The highest BCUT2D eigenvalue weighted by molar-refractivity contribution is 9.10. The summed E-state index contributed by atoms with van der Waals surface area (Å²) in [5.74, 6) is -3.30. The molecule has 1 unspecified atom stereocenters. The summed E-state index contributed by atoms with van der Waals surface area (Å²) in [5, 5.41) is 2.73. The minimum absolute atomic E-state index is 0.218. The molecule has 1 aromatic rings. The Morgan fingerprint density at radius 2 is 2.20 bits per heavy atom. The van der Waals surface area contributed by atoms with E-state index in [4.69, 9.17) is 0 Å². The molecule has 0 aromatic heterocycles. The van der Waals surface area contributed by atoms with Crippen LogP contribution in [0.4, 0.5) is 8.78 Å². The molecule has 4 heteroatoms. The number of piperidine rings is 1. The molecule has 15 heavy (non-hydrogen) atoms. The van der Waals surface area contributed by atoms with E-state index < -0.39 is 11.8 Å². The molecule has 0 spiro atoms. The van der Waals surface area contributed by atoms with Gasteiger partial charge in [0.2, 0.25) is 0 Å². The third kappa shape index (κ3) is 2.37. The van der Waals surface area contributed by atoms with Crippen LogP contribution in [0.3, 0.4) is 0 Å². The van der Waals surface area contributed by atoms with Gasteiger partial charge < -0.3 is 5.32 Å². The van der Waals surface area contributed by atoms with E-state index in [9.17, 15) is 8.78 Å². The second-order valence-electron chi connectivity index (χ2n) is 3.83. The highest BCUT2D eigenvalue weighted by Crippen LogP contribution is 2.38. The van der Waals surface area contributed by atoms with Gasteiger partial charge in [-0.25, -0.2) is 8.78 Å². The minimum Gasteiger partial charge on any atom is -0.311 e. The Labute approximate surface area is 96.0 Å². The molecule has 1 aliphatic rings. The minimum atomic E-state index is -2.64. The molecule has 82 valence electrons. The lowest BCUT2D eigenvalue weighted by molar-refractivity contribution is -0.0420. The Kier molecular flexibility index (Phi) is 3.07. The smallest absolute Gasteiger partial charge is 0.267 e. The third-order valence-corrected chi connectivity index (χ3v) is 3.22. The Morgan fingerprint density at radius 1 is 1.40 bits per heavy atom. The van der Waals surface area contributed by atoms with Gasteiger partial charge in [0, 0.05) is 4.47 Å². The Hall–Kier alpha value is -0.480. The van der Waals surface area contributed by atoms with Crippen molar-refractivity contribution in [2.45, 2.75) is 18.3 Å². The molecule has 1 fully saturated rings. The summed E-state index contributed by atoms with van der Waals surface area (Å²) in [6.45, 7) is 0.441. The summed E-state index contributed by atoms with van der Waals surface area (Å²) in [6.07, 6.45) is 0.490. The van der Waals surface area contributed by atoms with Crippen molar-refractivity contribution in [2.75, 3.05) is 13.1 Å². The van der Waals surface area contributed by atoms with Gasteiger partial charge in [-0.15, -0.1) is 0 Å². The summed E-state index contributed by atoms with van der Waals surface area (Å²) < 4.78 is 28.1. The van der Waals surface area contributed by atoms with Gasteiger partial charge in [-0.2, -0.15) is 0 Å². The van der Waals surface area contributed by atoms with Crippen molar-refractivity contribution in [3.63, 3.8) is 0 Å². The molecule has 0 radical (unpaired) electrons. The van der Waals surface area contributed by atoms with E-state index >= 15 is 0 Å². The van der Waals surface area contributed by atoms with Crippen molar-refractivity contribution in [3.8, 4) is 0 Å². The summed E-state index contributed by atoms with van der Waals surface area (Å²) in [5.41, 5.74) is 0.718. The Balaban J connectivity index is 2.29. The van der Waals surface area contributed by atoms with Crippen LogP contribution in [0, 0.1) is 0 Å². The van der Waals surface area contributed by atoms with Crippen LogP contribution in [0.2, 0.25) is 0 Å². The van der Waals surface area contributed by atoms with Gasteiger partial charge in [-0.1, -0.05) is 28.1 Å². The van der Waals surface area contributed by atoms with Crippen molar-refractivity contribution in [1.29, 1.82) is 0 Å². The molecule has 0 bridgehead atoms.